The predicted octanol–water partition coefficient (Wildman–Crippen LogP) is 4.05. The molecule has 1 N–H and O–H groups in total. The highest BCUT2D eigenvalue weighted by molar-refractivity contribution is 5.76. The quantitative estimate of drug-likeness (QED) is 0.824. The van der Waals surface area contributed by atoms with Crippen LogP contribution in [0.4, 0.5) is 0 Å². The number of rotatable bonds is 7. The standard InChI is InChI=1S/C20H29NO2/c1-14(2)23-13-16-5-3-15(4-6-16)12-21-20(22)11-19-10-17-7-8-18(19)9-17/h3-6,14,17-19H,7-13H2,1-2H3,(H,21,22)/t17-,18+,19+/m0/s1. The molecule has 0 unspecified atom stereocenters. The molecule has 126 valence electrons. The first-order valence-electron chi connectivity index (χ1n) is 9.06. The maximum absolute atomic E-state index is 12.2. The molecule has 3 atom stereocenters. The number of carbonyl (C=O) groups excluding carboxylic acids is 1. The van der Waals surface area contributed by atoms with Crippen molar-refractivity contribution in [2.75, 3.05) is 0 Å². The van der Waals surface area contributed by atoms with E-state index in [1.807, 2.05) is 13.8 Å². The SMILES string of the molecule is CC(C)OCc1ccc(CNC(=O)C[C@H]2C[C@H]3CC[C@@H]2C3)cc1. The van der Waals surface area contributed by atoms with Crippen molar-refractivity contribution in [2.24, 2.45) is 17.8 Å². The fourth-order valence-corrected chi connectivity index (χ4v) is 4.15. The summed E-state index contributed by atoms with van der Waals surface area (Å²) in [5.41, 5.74) is 2.33. The minimum absolute atomic E-state index is 0.217. The van der Waals surface area contributed by atoms with Gasteiger partial charge in [-0.1, -0.05) is 30.7 Å². The van der Waals surface area contributed by atoms with Crippen molar-refractivity contribution in [3.63, 3.8) is 0 Å². The van der Waals surface area contributed by atoms with Gasteiger partial charge in [-0.2, -0.15) is 0 Å². The molecule has 3 rings (SSSR count). The van der Waals surface area contributed by atoms with Crippen LogP contribution in [-0.2, 0) is 22.7 Å². The Labute approximate surface area is 139 Å². The van der Waals surface area contributed by atoms with Crippen LogP contribution in [0.15, 0.2) is 24.3 Å². The summed E-state index contributed by atoms with van der Waals surface area (Å²) in [7, 11) is 0. The number of carbonyl (C=O) groups is 1. The molecule has 0 aliphatic heterocycles. The van der Waals surface area contributed by atoms with Crippen molar-refractivity contribution in [3.8, 4) is 0 Å². The Morgan fingerprint density at radius 2 is 1.91 bits per heavy atom. The lowest BCUT2D eigenvalue weighted by Crippen LogP contribution is -2.26. The highest BCUT2D eigenvalue weighted by atomic mass is 16.5. The molecule has 1 aromatic carbocycles. The van der Waals surface area contributed by atoms with Gasteiger partial charge in [0.25, 0.3) is 0 Å². The minimum atomic E-state index is 0.217. The molecule has 0 saturated heterocycles. The van der Waals surface area contributed by atoms with Gasteiger partial charge in [-0.25, -0.2) is 0 Å². The molecule has 0 spiro atoms. The Balaban J connectivity index is 1.40. The highest BCUT2D eigenvalue weighted by Crippen LogP contribution is 2.49. The van der Waals surface area contributed by atoms with Gasteiger partial charge in [-0.05, 0) is 62.0 Å². The van der Waals surface area contributed by atoms with Crippen LogP contribution >= 0.6 is 0 Å². The Kier molecular flexibility index (Phi) is 5.37. The van der Waals surface area contributed by atoms with Gasteiger partial charge in [-0.15, -0.1) is 0 Å². The van der Waals surface area contributed by atoms with Crippen molar-refractivity contribution < 1.29 is 9.53 Å². The van der Waals surface area contributed by atoms with Gasteiger partial charge >= 0.3 is 0 Å². The van der Waals surface area contributed by atoms with E-state index >= 15 is 0 Å². The third-order valence-electron chi connectivity index (χ3n) is 5.43. The van der Waals surface area contributed by atoms with Gasteiger partial charge in [-0.3, -0.25) is 4.79 Å². The Bertz CT molecular complexity index is 523. The lowest BCUT2D eigenvalue weighted by atomic mass is 9.86. The zero-order chi connectivity index (χ0) is 16.2. The number of benzene rings is 1. The zero-order valence-electron chi connectivity index (χ0n) is 14.4. The number of hydrogen-bond donors (Lipinski definition) is 1. The smallest absolute Gasteiger partial charge is 0.220 e. The summed E-state index contributed by atoms with van der Waals surface area (Å²) >= 11 is 0. The van der Waals surface area contributed by atoms with E-state index in [4.69, 9.17) is 4.74 Å². The van der Waals surface area contributed by atoms with E-state index in [9.17, 15) is 4.79 Å². The third-order valence-corrected chi connectivity index (χ3v) is 5.43. The fraction of sp³-hybridized carbons (Fsp3) is 0.650. The normalized spacial score (nSPS) is 26.0. The van der Waals surface area contributed by atoms with Gasteiger partial charge in [0.1, 0.15) is 0 Å². The van der Waals surface area contributed by atoms with E-state index in [0.717, 1.165) is 23.8 Å². The number of amides is 1. The molecule has 0 heterocycles. The molecule has 1 aromatic rings. The first kappa shape index (κ1) is 16.5. The van der Waals surface area contributed by atoms with Crippen molar-refractivity contribution in [3.05, 3.63) is 35.4 Å². The summed E-state index contributed by atoms with van der Waals surface area (Å²) in [6.45, 7) is 5.36. The number of ether oxygens (including phenoxy) is 1. The lowest BCUT2D eigenvalue weighted by molar-refractivity contribution is -0.122. The Morgan fingerprint density at radius 1 is 1.17 bits per heavy atom. The third kappa shape index (κ3) is 4.57. The van der Waals surface area contributed by atoms with E-state index in [1.165, 1.54) is 31.2 Å². The van der Waals surface area contributed by atoms with Crippen molar-refractivity contribution in [1.82, 2.24) is 5.32 Å². The molecular weight excluding hydrogens is 286 g/mol. The van der Waals surface area contributed by atoms with Gasteiger partial charge in [0.2, 0.25) is 5.91 Å². The van der Waals surface area contributed by atoms with Gasteiger partial charge in [0.05, 0.1) is 12.7 Å². The van der Waals surface area contributed by atoms with Gasteiger partial charge in [0.15, 0.2) is 0 Å². The van der Waals surface area contributed by atoms with Gasteiger partial charge < -0.3 is 10.1 Å². The first-order chi connectivity index (χ1) is 11.1. The minimum Gasteiger partial charge on any atom is -0.374 e. The maximum atomic E-state index is 12.2. The van der Waals surface area contributed by atoms with E-state index < -0.39 is 0 Å². The number of hydrogen-bond acceptors (Lipinski definition) is 2. The van der Waals surface area contributed by atoms with E-state index in [1.54, 1.807) is 0 Å². The van der Waals surface area contributed by atoms with E-state index in [2.05, 4.69) is 29.6 Å². The van der Waals surface area contributed by atoms with Crippen LogP contribution in [0.2, 0.25) is 0 Å². The topological polar surface area (TPSA) is 38.3 Å². The zero-order valence-corrected chi connectivity index (χ0v) is 14.4. The summed E-state index contributed by atoms with van der Waals surface area (Å²) in [6, 6.07) is 8.33. The summed E-state index contributed by atoms with van der Waals surface area (Å²) < 4.78 is 5.59. The lowest BCUT2D eigenvalue weighted by Gasteiger charge is -2.20. The number of nitrogens with one attached hydrogen (secondary N) is 1. The maximum Gasteiger partial charge on any atom is 0.220 e. The molecule has 2 bridgehead atoms. The molecule has 0 radical (unpaired) electrons. The summed E-state index contributed by atoms with van der Waals surface area (Å²) in [4.78, 5) is 12.2. The van der Waals surface area contributed by atoms with Crippen LogP contribution in [0.3, 0.4) is 0 Å². The van der Waals surface area contributed by atoms with Crippen LogP contribution in [0.1, 0.15) is 57.1 Å². The number of fused-ring (bicyclic) bond motifs is 2. The van der Waals surface area contributed by atoms with E-state index in [0.29, 0.717) is 19.1 Å². The van der Waals surface area contributed by atoms with Crippen LogP contribution in [0.5, 0.6) is 0 Å². The molecule has 23 heavy (non-hydrogen) atoms. The monoisotopic (exact) mass is 315 g/mol. The molecule has 3 heteroatoms. The van der Waals surface area contributed by atoms with Crippen molar-refractivity contribution >= 4 is 5.91 Å². The van der Waals surface area contributed by atoms with Crippen molar-refractivity contribution in [2.45, 2.75) is 65.2 Å². The first-order valence-corrected chi connectivity index (χ1v) is 9.06. The second-order valence-electron chi connectivity index (χ2n) is 7.59. The summed E-state index contributed by atoms with van der Waals surface area (Å²) in [5, 5.41) is 3.08. The molecule has 3 nitrogen and oxygen atoms in total. The van der Waals surface area contributed by atoms with Crippen LogP contribution in [0.25, 0.3) is 0 Å². The van der Waals surface area contributed by atoms with Crippen molar-refractivity contribution in [1.29, 1.82) is 0 Å². The highest BCUT2D eigenvalue weighted by Gasteiger charge is 2.39. The van der Waals surface area contributed by atoms with E-state index in [-0.39, 0.29) is 12.0 Å². The van der Waals surface area contributed by atoms with Crippen LogP contribution in [-0.4, -0.2) is 12.0 Å². The average Bonchev–Trinajstić information content (AvgIpc) is 3.14. The molecule has 0 aromatic heterocycles. The molecule has 2 saturated carbocycles. The Morgan fingerprint density at radius 3 is 2.52 bits per heavy atom. The molecule has 2 aliphatic carbocycles. The molecular formula is C20H29NO2. The summed E-state index contributed by atoms with van der Waals surface area (Å²) in [6.07, 6.45) is 6.37. The van der Waals surface area contributed by atoms with Crippen LogP contribution < -0.4 is 5.32 Å². The van der Waals surface area contributed by atoms with Crippen LogP contribution in [0, 0.1) is 17.8 Å². The fourth-order valence-electron chi connectivity index (χ4n) is 4.15. The molecule has 1 amide bonds. The second-order valence-corrected chi connectivity index (χ2v) is 7.59. The summed E-state index contributed by atoms with van der Waals surface area (Å²) in [5.74, 6) is 2.60. The van der Waals surface area contributed by atoms with Gasteiger partial charge in [0, 0.05) is 13.0 Å². The predicted molar refractivity (Wildman–Crippen MR) is 91.8 cm³/mol. The average molecular weight is 315 g/mol. The second kappa shape index (κ2) is 7.48. The Hall–Kier alpha value is -1.35. The largest absolute Gasteiger partial charge is 0.374 e. The molecule has 2 aliphatic rings. The molecule has 2 fully saturated rings.